The highest BCUT2D eigenvalue weighted by molar-refractivity contribution is 5.88. The third-order valence-electron chi connectivity index (χ3n) is 14.2. The summed E-state index contributed by atoms with van der Waals surface area (Å²) in [4.78, 5) is 11.4. The molecule has 40 heavy (non-hydrogen) atoms. The third-order valence-corrected chi connectivity index (χ3v) is 14.2. The summed E-state index contributed by atoms with van der Waals surface area (Å²) in [5, 5.41) is 9.34. The number of nitrogens with two attached hydrogens (primary N) is 1. The van der Waals surface area contributed by atoms with Gasteiger partial charge in [-0.3, -0.25) is 0 Å². The molecule has 0 heterocycles. The van der Waals surface area contributed by atoms with E-state index < -0.39 is 11.8 Å². The fourth-order valence-corrected chi connectivity index (χ4v) is 12.2. The first-order valence-electron chi connectivity index (χ1n) is 15.8. The smallest absolute Gasteiger partial charge is 0.338 e. The minimum absolute atomic E-state index is 0.0198. The van der Waals surface area contributed by atoms with Gasteiger partial charge in [0.05, 0.1) is 5.56 Å². The number of hydrogen-bond donors (Lipinski definition) is 2. The van der Waals surface area contributed by atoms with Crippen LogP contribution in [0.1, 0.15) is 115 Å². The third kappa shape index (κ3) is 3.53. The van der Waals surface area contributed by atoms with E-state index in [-0.39, 0.29) is 32.8 Å². The molecule has 4 fully saturated rings. The largest absolute Gasteiger partial charge is 0.478 e. The summed E-state index contributed by atoms with van der Waals surface area (Å²) in [7, 11) is 0. The lowest BCUT2D eigenvalue weighted by Crippen LogP contribution is -2.67. The van der Waals surface area contributed by atoms with Crippen LogP contribution >= 0.6 is 0 Å². The Morgan fingerprint density at radius 1 is 0.975 bits per heavy atom. The van der Waals surface area contributed by atoms with Crippen molar-refractivity contribution in [2.75, 3.05) is 0 Å². The predicted octanol–water partition coefficient (Wildman–Crippen LogP) is 8.89. The molecule has 4 heteroatoms. The molecule has 1 aromatic carbocycles. The second kappa shape index (κ2) is 8.79. The first kappa shape index (κ1) is 28.2. The van der Waals surface area contributed by atoms with Crippen molar-refractivity contribution in [3.63, 3.8) is 0 Å². The Labute approximate surface area is 240 Å². The molecule has 1 aromatic rings. The molecule has 218 valence electrons. The van der Waals surface area contributed by atoms with E-state index in [1.807, 2.05) is 6.07 Å². The maximum Gasteiger partial charge on any atom is 0.338 e. The van der Waals surface area contributed by atoms with Crippen molar-refractivity contribution >= 4 is 11.5 Å². The van der Waals surface area contributed by atoms with E-state index in [4.69, 9.17) is 5.73 Å². The van der Waals surface area contributed by atoms with Crippen LogP contribution in [-0.2, 0) is 0 Å². The fourth-order valence-electron chi connectivity index (χ4n) is 12.2. The number of carbonyl (C=O) groups is 1. The van der Waals surface area contributed by atoms with Crippen molar-refractivity contribution in [2.24, 2.45) is 57.0 Å². The quantitative estimate of drug-likeness (QED) is 0.371. The van der Waals surface area contributed by atoms with Gasteiger partial charge >= 0.3 is 5.97 Å². The van der Waals surface area contributed by atoms with Gasteiger partial charge in [0, 0.05) is 5.54 Å². The number of hydrogen-bond acceptors (Lipinski definition) is 2. The van der Waals surface area contributed by atoms with Gasteiger partial charge in [0.1, 0.15) is 5.82 Å². The number of benzene rings is 1. The molecule has 6 rings (SSSR count). The molecule has 3 nitrogen and oxygen atoms in total. The minimum atomic E-state index is -1.22. The van der Waals surface area contributed by atoms with Crippen molar-refractivity contribution in [1.29, 1.82) is 0 Å². The first-order valence-corrected chi connectivity index (χ1v) is 15.8. The number of rotatable bonds is 3. The summed E-state index contributed by atoms with van der Waals surface area (Å²) in [6, 6.07) is 4.68. The van der Waals surface area contributed by atoms with E-state index in [9.17, 15) is 14.3 Å². The lowest BCUT2D eigenvalue weighted by molar-refractivity contribution is -0.217. The number of fused-ring (bicyclic) bond motifs is 7. The van der Waals surface area contributed by atoms with Crippen LogP contribution in [0.4, 0.5) is 4.39 Å². The fraction of sp³-hybridized carbons (Fsp3) is 0.694. The SMILES string of the molecule is C=C(C)C1CCC2(N)CCC3(C)C(CCC4C5(C)CC=C(c6ccc(C(=O)O)c(F)c6)C(C)(C)C5CCC43C)C12. The van der Waals surface area contributed by atoms with E-state index in [1.165, 1.54) is 61.8 Å². The number of aromatic carboxylic acids is 1. The minimum Gasteiger partial charge on any atom is -0.478 e. The van der Waals surface area contributed by atoms with Gasteiger partial charge in [-0.25, -0.2) is 9.18 Å². The lowest BCUT2D eigenvalue weighted by Gasteiger charge is -2.72. The monoisotopic (exact) mass is 547 g/mol. The molecule has 0 amide bonds. The van der Waals surface area contributed by atoms with Crippen LogP contribution in [0, 0.1) is 57.1 Å². The maximum absolute atomic E-state index is 14.8. The Bertz CT molecular complexity index is 1300. The predicted molar refractivity (Wildman–Crippen MR) is 160 cm³/mol. The summed E-state index contributed by atoms with van der Waals surface area (Å²) < 4.78 is 14.8. The van der Waals surface area contributed by atoms with E-state index in [0.29, 0.717) is 29.6 Å². The summed E-state index contributed by atoms with van der Waals surface area (Å²) in [5.41, 5.74) is 10.9. The lowest BCUT2D eigenvalue weighted by atomic mass is 9.33. The summed E-state index contributed by atoms with van der Waals surface area (Å²) in [6.45, 7) is 19.2. The molecule has 0 aromatic heterocycles. The van der Waals surface area contributed by atoms with Crippen molar-refractivity contribution in [1.82, 2.24) is 0 Å². The summed E-state index contributed by atoms with van der Waals surface area (Å²) >= 11 is 0. The van der Waals surface area contributed by atoms with Crippen molar-refractivity contribution in [2.45, 2.75) is 105 Å². The molecule has 0 bridgehead atoms. The van der Waals surface area contributed by atoms with Gasteiger partial charge in [-0.05, 0) is 139 Å². The van der Waals surface area contributed by atoms with E-state index in [0.717, 1.165) is 24.8 Å². The number of halogens is 1. The average molecular weight is 548 g/mol. The van der Waals surface area contributed by atoms with Gasteiger partial charge in [0.2, 0.25) is 0 Å². The first-order chi connectivity index (χ1) is 18.6. The zero-order valence-corrected chi connectivity index (χ0v) is 25.6. The van der Waals surface area contributed by atoms with E-state index >= 15 is 0 Å². The van der Waals surface area contributed by atoms with Crippen LogP contribution in [-0.4, -0.2) is 16.6 Å². The highest BCUT2D eigenvalue weighted by Crippen LogP contribution is 2.76. The second-order valence-corrected chi connectivity index (χ2v) is 16.0. The molecule has 0 spiro atoms. The van der Waals surface area contributed by atoms with Crippen LogP contribution < -0.4 is 5.73 Å². The normalized spacial score (nSPS) is 45.4. The molecular formula is C36H50FNO2. The van der Waals surface area contributed by atoms with Crippen LogP contribution in [0.5, 0.6) is 0 Å². The van der Waals surface area contributed by atoms with Gasteiger partial charge in [-0.15, -0.1) is 0 Å². The second-order valence-electron chi connectivity index (χ2n) is 16.0. The van der Waals surface area contributed by atoms with Crippen LogP contribution in [0.25, 0.3) is 5.57 Å². The highest BCUT2D eigenvalue weighted by atomic mass is 19.1. The number of allylic oxidation sites excluding steroid dienone is 3. The van der Waals surface area contributed by atoms with Crippen molar-refractivity contribution in [3.05, 3.63) is 53.4 Å². The molecule has 0 radical (unpaired) electrons. The van der Waals surface area contributed by atoms with E-state index in [1.54, 1.807) is 0 Å². The van der Waals surface area contributed by atoms with Gasteiger partial charge in [-0.2, -0.15) is 0 Å². The molecular weight excluding hydrogens is 497 g/mol. The molecule has 5 aliphatic rings. The average Bonchev–Trinajstić information content (AvgIpc) is 3.22. The summed E-state index contributed by atoms with van der Waals surface area (Å²) in [5.74, 6) is 1.05. The highest BCUT2D eigenvalue weighted by Gasteiger charge is 2.70. The van der Waals surface area contributed by atoms with Crippen LogP contribution in [0.3, 0.4) is 0 Å². The van der Waals surface area contributed by atoms with Crippen LogP contribution in [0.15, 0.2) is 36.4 Å². The number of carboxylic acid groups (broad SMARTS) is 1. The molecule has 4 saturated carbocycles. The van der Waals surface area contributed by atoms with Crippen molar-refractivity contribution in [3.8, 4) is 0 Å². The Morgan fingerprint density at radius 3 is 2.35 bits per heavy atom. The zero-order valence-electron chi connectivity index (χ0n) is 25.6. The van der Waals surface area contributed by atoms with Gasteiger partial charge in [0.25, 0.3) is 0 Å². The molecule has 0 saturated heterocycles. The zero-order chi connectivity index (χ0) is 29.0. The van der Waals surface area contributed by atoms with Gasteiger partial charge < -0.3 is 10.8 Å². The van der Waals surface area contributed by atoms with E-state index in [2.05, 4.69) is 54.2 Å². The van der Waals surface area contributed by atoms with Gasteiger partial charge in [-0.1, -0.05) is 58.9 Å². The maximum atomic E-state index is 14.8. The molecule has 3 N–H and O–H groups in total. The molecule has 9 unspecified atom stereocenters. The Hall–Kier alpha value is -1.94. The summed E-state index contributed by atoms with van der Waals surface area (Å²) in [6.07, 6.45) is 13.1. The standard InChI is InChI=1S/C36H50FNO2/c1-21(2)23-12-17-36(38)19-18-34(6)26(30(23)36)10-11-29-33(5)15-13-25(22-8-9-24(31(39)40)27(37)20-22)32(3,4)28(33)14-16-35(29,34)7/h8-9,13,20,23,26,28-30H,1,10-12,14-19,38H2,2-7H3,(H,39,40). The van der Waals surface area contributed by atoms with Crippen molar-refractivity contribution < 1.29 is 14.3 Å². The topological polar surface area (TPSA) is 63.3 Å². The molecule has 9 atom stereocenters. The Morgan fingerprint density at radius 2 is 1.70 bits per heavy atom. The molecule has 0 aliphatic heterocycles. The molecule has 5 aliphatic carbocycles. The van der Waals surface area contributed by atoms with Gasteiger partial charge in [0.15, 0.2) is 0 Å². The number of carboxylic acids is 1. The van der Waals surface area contributed by atoms with Crippen LogP contribution in [0.2, 0.25) is 0 Å². The Kier molecular flexibility index (Phi) is 6.19. The Balaban J connectivity index is 1.37.